The molecule has 0 N–H and O–H groups in total. The fourth-order valence-corrected chi connectivity index (χ4v) is 2.60. The molecule has 22 heavy (non-hydrogen) atoms. The molecule has 1 heterocycles. The Kier molecular flexibility index (Phi) is 3.95. The molecule has 1 aliphatic rings. The highest BCUT2D eigenvalue weighted by Crippen LogP contribution is 2.34. The molecule has 2 aromatic carbocycles. The van der Waals surface area contributed by atoms with E-state index in [0.717, 1.165) is 16.1 Å². The number of alkyl halides is 3. The lowest BCUT2D eigenvalue weighted by Gasteiger charge is -2.25. The second-order valence-corrected chi connectivity index (χ2v) is 6.03. The van der Waals surface area contributed by atoms with Gasteiger partial charge in [0.15, 0.2) is 0 Å². The van der Waals surface area contributed by atoms with Gasteiger partial charge in [-0.25, -0.2) is 4.99 Å². The molecule has 1 aliphatic heterocycles. The summed E-state index contributed by atoms with van der Waals surface area (Å²) in [5.41, 5.74) is 1.63. The van der Waals surface area contributed by atoms with Crippen LogP contribution in [0, 0.1) is 0 Å². The first kappa shape index (κ1) is 15.1. The fraction of sp³-hybridized carbons (Fsp3) is 0.188. The Morgan fingerprint density at radius 2 is 1.82 bits per heavy atom. The zero-order chi connectivity index (χ0) is 15.7. The highest BCUT2D eigenvalue weighted by Gasteiger charge is 2.31. The van der Waals surface area contributed by atoms with Crippen molar-refractivity contribution in [3.05, 3.63) is 63.6 Å². The number of halogens is 4. The molecule has 6 heteroatoms. The van der Waals surface area contributed by atoms with Crippen LogP contribution in [0.2, 0.25) is 0 Å². The van der Waals surface area contributed by atoms with Crippen LogP contribution in [0.15, 0.2) is 51.9 Å². The lowest BCUT2D eigenvalue weighted by Crippen LogP contribution is -2.23. The van der Waals surface area contributed by atoms with E-state index in [-0.39, 0.29) is 0 Å². The first-order valence-corrected chi connectivity index (χ1v) is 7.44. The van der Waals surface area contributed by atoms with Gasteiger partial charge in [-0.15, -0.1) is 0 Å². The van der Waals surface area contributed by atoms with Gasteiger partial charge in [-0.05, 0) is 41.5 Å². The maximum Gasteiger partial charge on any atom is 0.416 e. The molecular formula is C16H12BrF3N2. The summed E-state index contributed by atoms with van der Waals surface area (Å²) >= 11 is 3.37. The van der Waals surface area contributed by atoms with Crippen molar-refractivity contribution in [2.75, 3.05) is 0 Å². The van der Waals surface area contributed by atoms with Crippen LogP contribution in [0.1, 0.15) is 16.7 Å². The molecule has 0 fully saturated rings. The average Bonchev–Trinajstić information content (AvgIpc) is 2.48. The van der Waals surface area contributed by atoms with Gasteiger partial charge in [-0.2, -0.15) is 13.2 Å². The van der Waals surface area contributed by atoms with E-state index < -0.39 is 11.7 Å². The van der Waals surface area contributed by atoms with Crippen LogP contribution in [0.4, 0.5) is 18.9 Å². The Hall–Kier alpha value is -1.82. The van der Waals surface area contributed by atoms with E-state index >= 15 is 0 Å². The maximum atomic E-state index is 12.8. The van der Waals surface area contributed by atoms with Gasteiger partial charge in [0.1, 0.15) is 0 Å². The highest BCUT2D eigenvalue weighted by molar-refractivity contribution is 9.10. The van der Waals surface area contributed by atoms with Crippen molar-refractivity contribution in [2.24, 2.45) is 4.99 Å². The van der Waals surface area contributed by atoms with E-state index in [2.05, 4.69) is 20.9 Å². The van der Waals surface area contributed by atoms with E-state index in [4.69, 9.17) is 0 Å². The third kappa shape index (κ3) is 3.32. The van der Waals surface area contributed by atoms with Crippen molar-refractivity contribution in [1.82, 2.24) is 4.90 Å². The molecule has 0 saturated carbocycles. The molecule has 0 spiro atoms. The van der Waals surface area contributed by atoms with Crippen molar-refractivity contribution in [2.45, 2.75) is 19.3 Å². The molecule has 114 valence electrons. The molecule has 0 radical (unpaired) electrons. The monoisotopic (exact) mass is 368 g/mol. The molecular weight excluding hydrogens is 357 g/mol. The van der Waals surface area contributed by atoms with Crippen LogP contribution in [0.5, 0.6) is 0 Å². The highest BCUT2D eigenvalue weighted by atomic mass is 79.9. The van der Waals surface area contributed by atoms with Crippen molar-refractivity contribution >= 4 is 28.0 Å². The van der Waals surface area contributed by atoms with Gasteiger partial charge in [0, 0.05) is 17.6 Å². The predicted octanol–water partition coefficient (Wildman–Crippen LogP) is 5.14. The van der Waals surface area contributed by atoms with Gasteiger partial charge in [-0.3, -0.25) is 0 Å². The summed E-state index contributed by atoms with van der Waals surface area (Å²) in [5, 5.41) is 0. The standard InChI is InChI=1S/C16H12BrF3N2/c17-14-4-1-11(2-5-14)8-22-9-12-7-13(16(18,19)20)3-6-15(12)21-10-22/h1-7,10H,8-9H2. The van der Waals surface area contributed by atoms with Crippen molar-refractivity contribution < 1.29 is 13.2 Å². The minimum atomic E-state index is -4.33. The smallest absolute Gasteiger partial charge is 0.354 e. The topological polar surface area (TPSA) is 15.6 Å². The van der Waals surface area contributed by atoms with E-state index in [0.29, 0.717) is 24.3 Å². The molecule has 0 bridgehead atoms. The van der Waals surface area contributed by atoms with Gasteiger partial charge >= 0.3 is 6.18 Å². The molecule has 0 saturated heterocycles. The molecule has 0 unspecified atom stereocenters. The summed E-state index contributed by atoms with van der Waals surface area (Å²) in [6.45, 7) is 1.02. The van der Waals surface area contributed by atoms with Gasteiger partial charge in [-0.1, -0.05) is 28.1 Å². The summed E-state index contributed by atoms with van der Waals surface area (Å²) in [4.78, 5) is 6.13. The van der Waals surface area contributed by atoms with Gasteiger partial charge in [0.25, 0.3) is 0 Å². The minimum Gasteiger partial charge on any atom is -0.354 e. The summed E-state index contributed by atoms with van der Waals surface area (Å²) < 4.78 is 39.3. The maximum absolute atomic E-state index is 12.8. The average molecular weight is 369 g/mol. The van der Waals surface area contributed by atoms with Crippen molar-refractivity contribution in [3.63, 3.8) is 0 Å². The van der Waals surface area contributed by atoms with Gasteiger partial charge < -0.3 is 4.90 Å². The lowest BCUT2D eigenvalue weighted by molar-refractivity contribution is -0.137. The first-order valence-electron chi connectivity index (χ1n) is 6.64. The van der Waals surface area contributed by atoms with Crippen LogP contribution in [0.25, 0.3) is 0 Å². The Labute approximate surface area is 134 Å². The number of aliphatic imine (C=N–C) groups is 1. The largest absolute Gasteiger partial charge is 0.416 e. The normalized spacial score (nSPS) is 14.1. The molecule has 0 atom stereocenters. The van der Waals surface area contributed by atoms with Crippen LogP contribution in [0.3, 0.4) is 0 Å². The second kappa shape index (κ2) is 5.76. The molecule has 0 amide bonds. The lowest BCUT2D eigenvalue weighted by atomic mass is 10.1. The molecule has 0 aromatic heterocycles. The predicted molar refractivity (Wildman–Crippen MR) is 83.0 cm³/mol. The molecule has 3 rings (SSSR count). The first-order chi connectivity index (χ1) is 10.4. The summed E-state index contributed by atoms with van der Waals surface area (Å²) in [5.74, 6) is 0. The zero-order valence-corrected chi connectivity index (χ0v) is 13.0. The molecule has 0 aliphatic carbocycles. The number of hydrogen-bond donors (Lipinski definition) is 0. The SMILES string of the molecule is FC(F)(F)c1ccc2c(c1)CN(Cc1ccc(Br)cc1)C=N2. The molecule has 2 nitrogen and oxygen atoms in total. The van der Waals surface area contributed by atoms with Crippen molar-refractivity contribution in [3.8, 4) is 0 Å². The van der Waals surface area contributed by atoms with Crippen LogP contribution < -0.4 is 0 Å². The van der Waals surface area contributed by atoms with E-state index in [1.807, 2.05) is 29.2 Å². The van der Waals surface area contributed by atoms with Crippen LogP contribution in [-0.2, 0) is 19.3 Å². The zero-order valence-electron chi connectivity index (χ0n) is 11.4. The summed E-state index contributed by atoms with van der Waals surface area (Å²) in [7, 11) is 0. The Morgan fingerprint density at radius 1 is 1.09 bits per heavy atom. The van der Waals surface area contributed by atoms with E-state index in [9.17, 15) is 13.2 Å². The van der Waals surface area contributed by atoms with Crippen LogP contribution >= 0.6 is 15.9 Å². The second-order valence-electron chi connectivity index (χ2n) is 5.12. The summed E-state index contributed by atoms with van der Waals surface area (Å²) in [6, 6.07) is 11.5. The Bertz CT molecular complexity index is 708. The summed E-state index contributed by atoms with van der Waals surface area (Å²) in [6.07, 6.45) is -2.65. The van der Waals surface area contributed by atoms with Gasteiger partial charge in [0.2, 0.25) is 0 Å². The van der Waals surface area contributed by atoms with Crippen molar-refractivity contribution in [1.29, 1.82) is 0 Å². The number of hydrogen-bond acceptors (Lipinski definition) is 2. The third-order valence-electron chi connectivity index (χ3n) is 3.44. The number of fused-ring (bicyclic) bond motifs is 1. The number of nitrogens with zero attached hydrogens (tertiary/aromatic N) is 2. The fourth-order valence-electron chi connectivity index (χ4n) is 2.34. The van der Waals surface area contributed by atoms with E-state index in [1.165, 1.54) is 12.1 Å². The quantitative estimate of drug-likeness (QED) is 0.716. The Balaban J connectivity index is 1.79. The van der Waals surface area contributed by atoms with Gasteiger partial charge in [0.05, 0.1) is 17.6 Å². The number of benzene rings is 2. The van der Waals surface area contributed by atoms with Crippen LogP contribution in [-0.4, -0.2) is 11.2 Å². The number of rotatable bonds is 2. The Morgan fingerprint density at radius 3 is 2.50 bits per heavy atom. The third-order valence-corrected chi connectivity index (χ3v) is 3.97. The molecule has 2 aromatic rings. The minimum absolute atomic E-state index is 0.415. The van der Waals surface area contributed by atoms with E-state index in [1.54, 1.807) is 6.34 Å².